The summed E-state index contributed by atoms with van der Waals surface area (Å²) in [5.41, 5.74) is 8.25. The van der Waals surface area contributed by atoms with E-state index in [1.165, 1.54) is 0 Å². The molecule has 104 valence electrons. The first-order chi connectivity index (χ1) is 9.69. The van der Waals surface area contributed by atoms with Gasteiger partial charge in [-0.1, -0.05) is 24.4 Å². The number of hydrogen-bond donors (Lipinski definition) is 1. The summed E-state index contributed by atoms with van der Waals surface area (Å²) in [4.78, 5) is 4.38. The summed E-state index contributed by atoms with van der Waals surface area (Å²) < 4.78 is 10.8. The van der Waals surface area contributed by atoms with Gasteiger partial charge in [-0.05, 0) is 35.4 Å². The average molecular weight is 288 g/mol. The molecule has 0 aliphatic carbocycles. The van der Waals surface area contributed by atoms with Crippen molar-refractivity contribution in [2.24, 2.45) is 5.73 Å². The van der Waals surface area contributed by atoms with Crippen molar-refractivity contribution < 1.29 is 9.47 Å². The maximum absolute atomic E-state index is 5.66. The van der Waals surface area contributed by atoms with Crippen molar-refractivity contribution >= 4 is 17.2 Å². The summed E-state index contributed by atoms with van der Waals surface area (Å²) in [6, 6.07) is 11.5. The summed E-state index contributed by atoms with van der Waals surface area (Å²) in [7, 11) is 1.65. The number of aromatic nitrogens is 1. The van der Waals surface area contributed by atoms with E-state index in [9.17, 15) is 0 Å². The van der Waals surface area contributed by atoms with Gasteiger partial charge < -0.3 is 15.2 Å². The van der Waals surface area contributed by atoms with Crippen molar-refractivity contribution in [2.45, 2.75) is 13.2 Å². The van der Waals surface area contributed by atoms with E-state index in [0.29, 0.717) is 23.9 Å². The molecule has 5 heteroatoms. The summed E-state index contributed by atoms with van der Waals surface area (Å²) in [6.07, 6.45) is 1.68. The van der Waals surface area contributed by atoms with Crippen LogP contribution in [0.5, 0.6) is 5.75 Å². The van der Waals surface area contributed by atoms with E-state index in [0.717, 1.165) is 16.9 Å². The van der Waals surface area contributed by atoms with E-state index in [2.05, 4.69) is 4.98 Å². The molecule has 0 bridgehead atoms. The van der Waals surface area contributed by atoms with Gasteiger partial charge in [-0.2, -0.15) is 0 Å². The second-order valence-electron chi connectivity index (χ2n) is 4.25. The zero-order chi connectivity index (χ0) is 14.4. The number of nitrogens with two attached hydrogens (primary N) is 1. The second-order valence-corrected chi connectivity index (χ2v) is 4.69. The molecule has 20 heavy (non-hydrogen) atoms. The number of ether oxygens (including phenoxy) is 2. The Hall–Kier alpha value is -1.98. The van der Waals surface area contributed by atoms with Crippen LogP contribution in [-0.2, 0) is 18.0 Å². The Morgan fingerprint density at radius 3 is 2.50 bits per heavy atom. The Bertz CT molecular complexity index is 585. The van der Waals surface area contributed by atoms with Gasteiger partial charge in [-0.3, -0.25) is 4.98 Å². The van der Waals surface area contributed by atoms with E-state index >= 15 is 0 Å². The van der Waals surface area contributed by atoms with E-state index in [-0.39, 0.29) is 0 Å². The standard InChI is InChI=1S/C15H16N2O2S/c1-18-13-4-2-11(3-5-13)9-19-10-12-6-7-17-14(8-12)15(16)20/h2-8H,9-10H2,1H3,(H2,16,20). The lowest BCUT2D eigenvalue weighted by Gasteiger charge is -2.06. The highest BCUT2D eigenvalue weighted by molar-refractivity contribution is 7.80. The normalized spacial score (nSPS) is 10.2. The number of hydrogen-bond acceptors (Lipinski definition) is 4. The molecule has 0 fully saturated rings. The van der Waals surface area contributed by atoms with Crippen LogP contribution in [-0.4, -0.2) is 17.1 Å². The molecule has 4 nitrogen and oxygen atoms in total. The van der Waals surface area contributed by atoms with Crippen molar-refractivity contribution in [1.29, 1.82) is 0 Å². The maximum atomic E-state index is 5.66. The van der Waals surface area contributed by atoms with Gasteiger partial charge in [0, 0.05) is 6.20 Å². The Kier molecular flexibility index (Phi) is 5.03. The van der Waals surface area contributed by atoms with E-state index in [1.807, 2.05) is 36.4 Å². The number of methoxy groups -OCH3 is 1. The molecule has 0 unspecified atom stereocenters. The van der Waals surface area contributed by atoms with Crippen LogP contribution in [0.15, 0.2) is 42.6 Å². The van der Waals surface area contributed by atoms with Gasteiger partial charge in [0.1, 0.15) is 10.7 Å². The highest BCUT2D eigenvalue weighted by Crippen LogP contribution is 2.13. The third-order valence-electron chi connectivity index (χ3n) is 2.77. The highest BCUT2D eigenvalue weighted by Gasteiger charge is 2.01. The molecule has 2 N–H and O–H groups in total. The molecule has 1 heterocycles. The first kappa shape index (κ1) is 14.4. The van der Waals surface area contributed by atoms with Crippen LogP contribution in [0.1, 0.15) is 16.8 Å². The molecule has 1 aromatic heterocycles. The van der Waals surface area contributed by atoms with Gasteiger partial charge in [0.25, 0.3) is 0 Å². The highest BCUT2D eigenvalue weighted by atomic mass is 32.1. The second kappa shape index (κ2) is 6.98. The molecule has 0 atom stereocenters. The summed E-state index contributed by atoms with van der Waals surface area (Å²) in [6.45, 7) is 1.03. The molecule has 0 spiro atoms. The minimum atomic E-state index is 0.294. The molecule has 0 saturated carbocycles. The van der Waals surface area contributed by atoms with E-state index in [4.69, 9.17) is 27.4 Å². The number of nitrogens with zero attached hydrogens (tertiary/aromatic N) is 1. The van der Waals surface area contributed by atoms with Crippen molar-refractivity contribution in [1.82, 2.24) is 4.98 Å². The Morgan fingerprint density at radius 2 is 1.85 bits per heavy atom. The van der Waals surface area contributed by atoms with Gasteiger partial charge in [0.2, 0.25) is 0 Å². The largest absolute Gasteiger partial charge is 0.497 e. The van der Waals surface area contributed by atoms with Crippen LogP contribution in [0.2, 0.25) is 0 Å². The molecular formula is C15H16N2O2S. The van der Waals surface area contributed by atoms with Crippen molar-refractivity contribution in [3.8, 4) is 5.75 Å². The molecule has 0 amide bonds. The number of pyridine rings is 1. The summed E-state index contributed by atoms with van der Waals surface area (Å²) in [5.74, 6) is 0.837. The van der Waals surface area contributed by atoms with E-state index in [1.54, 1.807) is 13.3 Å². The summed E-state index contributed by atoms with van der Waals surface area (Å²) in [5, 5.41) is 0. The molecule has 0 aliphatic rings. The topological polar surface area (TPSA) is 57.4 Å². The maximum Gasteiger partial charge on any atom is 0.122 e. The van der Waals surface area contributed by atoms with Crippen LogP contribution in [0, 0.1) is 0 Å². The van der Waals surface area contributed by atoms with Crippen LogP contribution < -0.4 is 10.5 Å². The number of benzene rings is 1. The molecule has 2 aromatic rings. The third kappa shape index (κ3) is 4.01. The van der Waals surface area contributed by atoms with Gasteiger partial charge in [0.05, 0.1) is 26.0 Å². The van der Waals surface area contributed by atoms with Crippen molar-refractivity contribution in [2.75, 3.05) is 7.11 Å². The van der Waals surface area contributed by atoms with Crippen molar-refractivity contribution in [3.63, 3.8) is 0 Å². The molecule has 0 aliphatic heterocycles. The zero-order valence-electron chi connectivity index (χ0n) is 11.2. The quantitative estimate of drug-likeness (QED) is 0.827. The van der Waals surface area contributed by atoms with Gasteiger partial charge >= 0.3 is 0 Å². The fourth-order valence-corrected chi connectivity index (χ4v) is 1.82. The zero-order valence-corrected chi connectivity index (χ0v) is 12.0. The molecule has 0 radical (unpaired) electrons. The minimum Gasteiger partial charge on any atom is -0.497 e. The van der Waals surface area contributed by atoms with Crippen LogP contribution >= 0.6 is 12.2 Å². The van der Waals surface area contributed by atoms with Gasteiger partial charge in [0.15, 0.2) is 0 Å². The smallest absolute Gasteiger partial charge is 0.122 e. The third-order valence-corrected chi connectivity index (χ3v) is 2.98. The number of rotatable bonds is 6. The lowest BCUT2D eigenvalue weighted by Crippen LogP contribution is -2.11. The fourth-order valence-electron chi connectivity index (χ4n) is 1.71. The first-order valence-corrected chi connectivity index (χ1v) is 6.55. The monoisotopic (exact) mass is 288 g/mol. The fraction of sp³-hybridized carbons (Fsp3) is 0.200. The lowest BCUT2D eigenvalue weighted by molar-refractivity contribution is 0.107. The molecular weight excluding hydrogens is 272 g/mol. The molecule has 2 rings (SSSR count). The Labute approximate surface area is 123 Å². The predicted molar refractivity (Wildman–Crippen MR) is 81.6 cm³/mol. The molecule has 1 aromatic carbocycles. The minimum absolute atomic E-state index is 0.294. The van der Waals surface area contributed by atoms with Crippen LogP contribution in [0.4, 0.5) is 0 Å². The average Bonchev–Trinajstić information content (AvgIpc) is 2.48. The van der Waals surface area contributed by atoms with Gasteiger partial charge in [-0.25, -0.2) is 0 Å². The number of thiocarbonyl (C=S) groups is 1. The molecule has 0 saturated heterocycles. The SMILES string of the molecule is COc1ccc(COCc2ccnc(C(N)=S)c2)cc1. The van der Waals surface area contributed by atoms with Gasteiger partial charge in [-0.15, -0.1) is 0 Å². The Balaban J connectivity index is 1.88. The predicted octanol–water partition coefficient (Wildman–Crippen LogP) is 2.44. The van der Waals surface area contributed by atoms with Crippen LogP contribution in [0.25, 0.3) is 0 Å². The van der Waals surface area contributed by atoms with Crippen molar-refractivity contribution in [3.05, 3.63) is 59.4 Å². The Morgan fingerprint density at radius 1 is 1.15 bits per heavy atom. The van der Waals surface area contributed by atoms with E-state index < -0.39 is 0 Å². The first-order valence-electron chi connectivity index (χ1n) is 6.14. The lowest BCUT2D eigenvalue weighted by atomic mass is 10.2. The summed E-state index contributed by atoms with van der Waals surface area (Å²) >= 11 is 4.90. The van der Waals surface area contributed by atoms with Crippen LogP contribution in [0.3, 0.4) is 0 Å².